The molecule has 0 amide bonds. The lowest BCUT2D eigenvalue weighted by molar-refractivity contribution is -0.00720. The summed E-state index contributed by atoms with van der Waals surface area (Å²) in [5.41, 5.74) is -0.190. The topological polar surface area (TPSA) is 69.0 Å². The number of halogens is 1. The summed E-state index contributed by atoms with van der Waals surface area (Å²) in [5.74, 6) is 0.150. The van der Waals surface area contributed by atoms with Crippen molar-refractivity contribution in [2.24, 2.45) is 0 Å². The van der Waals surface area contributed by atoms with Crippen LogP contribution in [0.3, 0.4) is 0 Å². The molecule has 0 radical (unpaired) electrons. The first-order chi connectivity index (χ1) is 10.7. The van der Waals surface area contributed by atoms with E-state index in [0.717, 1.165) is 32.4 Å². The predicted molar refractivity (Wildman–Crippen MR) is 75.8 cm³/mol. The fraction of sp³-hybridized carbons (Fsp3) is 0.571. The summed E-state index contributed by atoms with van der Waals surface area (Å²) in [6, 6.07) is 0.268. The number of aromatic nitrogens is 5. The van der Waals surface area contributed by atoms with Crippen LogP contribution in [0, 0.1) is 5.82 Å². The summed E-state index contributed by atoms with van der Waals surface area (Å²) in [6.45, 7) is 2.27. The van der Waals surface area contributed by atoms with Crippen molar-refractivity contribution < 1.29 is 9.13 Å². The molecule has 2 aromatic rings. The molecule has 8 heteroatoms. The Balaban J connectivity index is 1.50. The van der Waals surface area contributed by atoms with Gasteiger partial charge in [-0.1, -0.05) is 0 Å². The van der Waals surface area contributed by atoms with E-state index in [-0.39, 0.29) is 11.6 Å². The van der Waals surface area contributed by atoms with Gasteiger partial charge in [-0.3, -0.25) is 0 Å². The minimum absolute atomic E-state index is 0.190. The van der Waals surface area contributed by atoms with Crippen molar-refractivity contribution in [1.29, 1.82) is 0 Å². The van der Waals surface area contributed by atoms with Gasteiger partial charge in [-0.25, -0.2) is 14.4 Å². The fourth-order valence-corrected chi connectivity index (χ4v) is 3.43. The van der Waals surface area contributed by atoms with Crippen molar-refractivity contribution in [2.75, 3.05) is 24.6 Å². The van der Waals surface area contributed by atoms with Gasteiger partial charge in [-0.05, 0) is 12.8 Å². The Hall–Kier alpha value is -2.09. The molecule has 2 fully saturated rings. The lowest BCUT2D eigenvalue weighted by Gasteiger charge is -2.39. The van der Waals surface area contributed by atoms with E-state index >= 15 is 0 Å². The van der Waals surface area contributed by atoms with Crippen LogP contribution in [0.1, 0.15) is 25.3 Å². The van der Waals surface area contributed by atoms with E-state index in [1.54, 1.807) is 12.7 Å². The van der Waals surface area contributed by atoms with Gasteiger partial charge < -0.3 is 14.2 Å². The molecule has 0 saturated carbocycles. The van der Waals surface area contributed by atoms with Gasteiger partial charge in [0, 0.05) is 19.5 Å². The van der Waals surface area contributed by atoms with E-state index in [1.165, 1.54) is 12.4 Å². The van der Waals surface area contributed by atoms with Gasteiger partial charge in [-0.15, -0.1) is 10.2 Å². The van der Waals surface area contributed by atoms with Crippen LogP contribution in [0.2, 0.25) is 0 Å². The maximum absolute atomic E-state index is 13.0. The molecule has 116 valence electrons. The molecule has 2 saturated heterocycles. The van der Waals surface area contributed by atoms with Gasteiger partial charge in [0.1, 0.15) is 12.7 Å². The summed E-state index contributed by atoms with van der Waals surface area (Å²) in [7, 11) is 0. The van der Waals surface area contributed by atoms with Crippen LogP contribution in [0.15, 0.2) is 25.0 Å². The molecule has 4 rings (SSSR count). The quantitative estimate of drug-likeness (QED) is 0.830. The first-order valence-electron chi connectivity index (χ1n) is 7.45. The normalized spacial score (nSPS) is 28.4. The van der Waals surface area contributed by atoms with Crippen LogP contribution < -0.4 is 4.90 Å². The Kier molecular flexibility index (Phi) is 3.25. The molecular formula is C14H17FN6O. The predicted octanol–water partition coefficient (Wildman–Crippen LogP) is 1.21. The zero-order chi connectivity index (χ0) is 15.0. The van der Waals surface area contributed by atoms with Gasteiger partial charge in [0.15, 0.2) is 5.82 Å². The number of nitrogens with zero attached hydrogens (tertiary/aromatic N) is 6. The highest BCUT2D eigenvalue weighted by Gasteiger charge is 2.44. The lowest BCUT2D eigenvalue weighted by atomic mass is 9.89. The van der Waals surface area contributed by atoms with Gasteiger partial charge in [0.05, 0.1) is 30.6 Å². The molecule has 2 aliphatic rings. The number of anilines is 1. The molecular weight excluding hydrogens is 287 g/mol. The van der Waals surface area contributed by atoms with Gasteiger partial charge in [-0.2, -0.15) is 0 Å². The van der Waals surface area contributed by atoms with Gasteiger partial charge >= 0.3 is 0 Å². The minimum atomic E-state index is -0.416. The molecule has 2 unspecified atom stereocenters. The van der Waals surface area contributed by atoms with Gasteiger partial charge in [0.25, 0.3) is 0 Å². The van der Waals surface area contributed by atoms with Crippen LogP contribution in [0.25, 0.3) is 0 Å². The SMILES string of the molecule is Fc1cnc(N2CCCC3(CC(n4cnnc4)CO3)C2)nc1. The first-order valence-corrected chi connectivity index (χ1v) is 7.45. The second-order valence-corrected chi connectivity index (χ2v) is 5.99. The van der Waals surface area contributed by atoms with Crippen LogP contribution in [-0.2, 0) is 4.74 Å². The van der Waals surface area contributed by atoms with E-state index in [9.17, 15) is 4.39 Å². The van der Waals surface area contributed by atoms with E-state index in [1.807, 2.05) is 4.57 Å². The number of hydrogen-bond acceptors (Lipinski definition) is 6. The summed E-state index contributed by atoms with van der Waals surface area (Å²) < 4.78 is 21.1. The lowest BCUT2D eigenvalue weighted by Crippen LogP contribution is -2.48. The Morgan fingerprint density at radius 3 is 2.77 bits per heavy atom. The third-order valence-electron chi connectivity index (χ3n) is 4.48. The highest BCUT2D eigenvalue weighted by molar-refractivity contribution is 5.31. The maximum Gasteiger partial charge on any atom is 0.225 e. The number of piperidine rings is 1. The van der Waals surface area contributed by atoms with Crippen molar-refractivity contribution in [3.05, 3.63) is 30.9 Å². The van der Waals surface area contributed by atoms with Gasteiger partial charge in [0.2, 0.25) is 5.95 Å². The first kappa shape index (κ1) is 13.6. The highest BCUT2D eigenvalue weighted by Crippen LogP contribution is 2.39. The van der Waals surface area contributed by atoms with Crippen LogP contribution in [-0.4, -0.2) is 50.0 Å². The van der Waals surface area contributed by atoms with Crippen molar-refractivity contribution >= 4 is 5.95 Å². The second kappa shape index (κ2) is 5.28. The van der Waals surface area contributed by atoms with E-state index in [2.05, 4.69) is 25.1 Å². The maximum atomic E-state index is 13.0. The third-order valence-corrected chi connectivity index (χ3v) is 4.48. The van der Waals surface area contributed by atoms with E-state index < -0.39 is 5.82 Å². The fourth-order valence-electron chi connectivity index (χ4n) is 3.43. The van der Waals surface area contributed by atoms with Crippen molar-refractivity contribution in [1.82, 2.24) is 24.7 Å². The smallest absolute Gasteiger partial charge is 0.225 e. The molecule has 4 heterocycles. The average molecular weight is 304 g/mol. The Morgan fingerprint density at radius 2 is 2.00 bits per heavy atom. The number of ether oxygens (including phenoxy) is 1. The number of hydrogen-bond donors (Lipinski definition) is 0. The Morgan fingerprint density at radius 1 is 1.23 bits per heavy atom. The molecule has 22 heavy (non-hydrogen) atoms. The zero-order valence-electron chi connectivity index (χ0n) is 12.1. The Labute approximate surface area is 127 Å². The van der Waals surface area contributed by atoms with Crippen LogP contribution in [0.5, 0.6) is 0 Å². The summed E-state index contributed by atoms with van der Waals surface area (Å²) in [6.07, 6.45) is 8.83. The molecule has 7 nitrogen and oxygen atoms in total. The molecule has 0 N–H and O–H groups in total. The van der Waals surface area contributed by atoms with Crippen LogP contribution >= 0.6 is 0 Å². The zero-order valence-corrected chi connectivity index (χ0v) is 12.1. The average Bonchev–Trinajstić information content (AvgIpc) is 3.18. The summed E-state index contributed by atoms with van der Waals surface area (Å²) in [4.78, 5) is 10.2. The summed E-state index contributed by atoms with van der Waals surface area (Å²) >= 11 is 0. The highest BCUT2D eigenvalue weighted by atomic mass is 19.1. The monoisotopic (exact) mass is 304 g/mol. The molecule has 0 aromatic carbocycles. The van der Waals surface area contributed by atoms with Crippen molar-refractivity contribution in [3.63, 3.8) is 0 Å². The minimum Gasteiger partial charge on any atom is -0.371 e. The second-order valence-electron chi connectivity index (χ2n) is 5.99. The van der Waals surface area contributed by atoms with Crippen molar-refractivity contribution in [3.8, 4) is 0 Å². The number of rotatable bonds is 2. The summed E-state index contributed by atoms with van der Waals surface area (Å²) in [5, 5.41) is 7.73. The molecule has 0 aliphatic carbocycles. The standard InChI is InChI=1S/C14H17FN6O/c15-11-5-16-13(17-6-11)20-3-1-2-14(8-20)4-12(7-22-14)21-9-18-19-10-21/h5-6,9-10,12H,1-4,7-8H2. The van der Waals surface area contributed by atoms with Crippen molar-refractivity contribution in [2.45, 2.75) is 30.9 Å². The Bertz CT molecular complexity index is 633. The van der Waals surface area contributed by atoms with E-state index in [4.69, 9.17) is 4.74 Å². The molecule has 2 aliphatic heterocycles. The molecule has 2 aromatic heterocycles. The van der Waals surface area contributed by atoms with E-state index in [0.29, 0.717) is 12.6 Å². The molecule has 0 bridgehead atoms. The molecule has 2 atom stereocenters. The van der Waals surface area contributed by atoms with Crippen LogP contribution in [0.4, 0.5) is 10.3 Å². The third kappa shape index (κ3) is 2.43. The largest absolute Gasteiger partial charge is 0.371 e. The molecule has 1 spiro atoms.